The number of fused-ring (bicyclic) bond motifs is 2. The van der Waals surface area contributed by atoms with Crippen LogP contribution in [0.2, 0.25) is 0 Å². The summed E-state index contributed by atoms with van der Waals surface area (Å²) in [4.78, 5) is 14.5. The topological polar surface area (TPSA) is 87.2 Å². The van der Waals surface area contributed by atoms with Gasteiger partial charge in [-0.15, -0.1) is 0 Å². The van der Waals surface area contributed by atoms with Crippen molar-refractivity contribution in [2.45, 2.75) is 4.90 Å². The molecule has 1 aliphatic heterocycles. The zero-order valence-corrected chi connectivity index (χ0v) is 10.4. The minimum atomic E-state index is -4.50. The number of pyridine rings is 1. The van der Waals surface area contributed by atoms with E-state index in [1.165, 1.54) is 6.07 Å². The van der Waals surface area contributed by atoms with Crippen LogP contribution < -0.4 is 5.43 Å². The third kappa shape index (κ3) is 1.91. The lowest BCUT2D eigenvalue weighted by atomic mass is 10.1. The lowest BCUT2D eigenvalue weighted by molar-refractivity contribution is 0.482. The van der Waals surface area contributed by atoms with E-state index < -0.39 is 20.4 Å². The molecular formula is C13H9NO4S. The van der Waals surface area contributed by atoms with E-state index in [0.29, 0.717) is 5.69 Å². The van der Waals surface area contributed by atoms with Crippen LogP contribution >= 0.6 is 0 Å². The Morgan fingerprint density at radius 3 is 2.53 bits per heavy atom. The maximum Gasteiger partial charge on any atom is 0.298 e. The molecular weight excluding hydrogens is 266 g/mol. The standard InChI is InChI=1S/C13H9NO4S/c15-13-9-7-8-3-1-2-4-10(8)14-11(9)5-6-12(13)19(16,17)18/h1-7,14H,(H,16,17,18). The van der Waals surface area contributed by atoms with Crippen LogP contribution in [0.3, 0.4) is 0 Å². The number of hydrogen-bond acceptors (Lipinski definition) is 3. The summed E-state index contributed by atoms with van der Waals surface area (Å²) >= 11 is 0. The van der Waals surface area contributed by atoms with Gasteiger partial charge in [0.15, 0.2) is 0 Å². The zero-order valence-electron chi connectivity index (χ0n) is 9.62. The van der Waals surface area contributed by atoms with Crippen LogP contribution in [0.4, 0.5) is 0 Å². The van der Waals surface area contributed by atoms with E-state index in [0.717, 1.165) is 17.0 Å². The molecule has 0 bridgehead atoms. The SMILES string of the molecule is O=c1c2cc3ccccc3[nH]c-2ccc1S(=O)(=O)O. The van der Waals surface area contributed by atoms with Crippen molar-refractivity contribution in [2.75, 3.05) is 0 Å². The van der Waals surface area contributed by atoms with Gasteiger partial charge in [-0.1, -0.05) is 18.2 Å². The highest BCUT2D eigenvalue weighted by Gasteiger charge is 2.19. The Morgan fingerprint density at radius 1 is 1.05 bits per heavy atom. The van der Waals surface area contributed by atoms with E-state index in [-0.39, 0.29) is 5.56 Å². The quantitative estimate of drug-likeness (QED) is 0.524. The summed E-state index contributed by atoms with van der Waals surface area (Å²) in [7, 11) is -4.50. The first-order chi connectivity index (χ1) is 8.97. The van der Waals surface area contributed by atoms with E-state index >= 15 is 0 Å². The predicted octanol–water partition coefficient (Wildman–Crippen LogP) is 1.88. The molecule has 0 unspecified atom stereocenters. The van der Waals surface area contributed by atoms with Crippen LogP contribution in [0, 0.1) is 0 Å². The summed E-state index contributed by atoms with van der Waals surface area (Å²) in [5, 5.41) is 0.791. The van der Waals surface area contributed by atoms with Gasteiger partial charge >= 0.3 is 0 Å². The lowest BCUT2D eigenvalue weighted by Crippen LogP contribution is -2.16. The molecule has 0 saturated heterocycles. The Hall–Kier alpha value is -2.18. The molecule has 1 aliphatic carbocycles. The van der Waals surface area contributed by atoms with Gasteiger partial charge in [-0.05, 0) is 29.7 Å². The largest absolute Gasteiger partial charge is 0.354 e. The summed E-state index contributed by atoms with van der Waals surface area (Å²) in [6.07, 6.45) is 0. The molecule has 19 heavy (non-hydrogen) atoms. The molecule has 2 N–H and O–H groups in total. The van der Waals surface area contributed by atoms with Gasteiger partial charge in [-0.2, -0.15) is 8.42 Å². The van der Waals surface area contributed by atoms with Crippen LogP contribution in [0.25, 0.3) is 22.2 Å². The second-order valence-electron chi connectivity index (χ2n) is 4.19. The Kier molecular flexibility index (Phi) is 2.44. The first-order valence-corrected chi connectivity index (χ1v) is 6.93. The fourth-order valence-electron chi connectivity index (χ4n) is 2.07. The number of aromatic amines is 1. The van der Waals surface area contributed by atoms with Gasteiger partial charge in [-0.25, -0.2) is 0 Å². The van der Waals surface area contributed by atoms with Crippen molar-refractivity contribution in [3.63, 3.8) is 0 Å². The van der Waals surface area contributed by atoms with Crippen molar-refractivity contribution in [1.29, 1.82) is 0 Å². The molecule has 5 nitrogen and oxygen atoms in total. The van der Waals surface area contributed by atoms with Crippen LogP contribution in [0.5, 0.6) is 0 Å². The first-order valence-electron chi connectivity index (χ1n) is 5.49. The number of para-hydroxylation sites is 1. The number of benzene rings is 2. The molecule has 1 aromatic rings. The maximum absolute atomic E-state index is 12.1. The normalized spacial score (nSPS) is 12.1. The highest BCUT2D eigenvalue weighted by Crippen LogP contribution is 2.23. The molecule has 0 aromatic heterocycles. The number of H-pyrrole nitrogens is 1. The number of hydrogen-bond donors (Lipinski definition) is 2. The van der Waals surface area contributed by atoms with Gasteiger partial charge in [0.1, 0.15) is 4.90 Å². The van der Waals surface area contributed by atoms with E-state index in [9.17, 15) is 13.2 Å². The van der Waals surface area contributed by atoms with Gasteiger partial charge in [0.2, 0.25) is 5.43 Å². The third-order valence-corrected chi connectivity index (χ3v) is 3.85. The van der Waals surface area contributed by atoms with Gasteiger partial charge in [0.25, 0.3) is 10.1 Å². The predicted molar refractivity (Wildman–Crippen MR) is 71.0 cm³/mol. The van der Waals surface area contributed by atoms with Gasteiger partial charge in [0.05, 0.1) is 0 Å². The van der Waals surface area contributed by atoms with Gasteiger partial charge in [0, 0.05) is 16.8 Å². The molecule has 0 radical (unpaired) electrons. The molecule has 0 fully saturated rings. The summed E-state index contributed by atoms with van der Waals surface area (Å²) in [6, 6.07) is 11.5. The van der Waals surface area contributed by atoms with Crippen molar-refractivity contribution in [1.82, 2.24) is 4.98 Å². The van der Waals surface area contributed by atoms with E-state index in [2.05, 4.69) is 4.98 Å². The molecule has 1 aromatic carbocycles. The Labute approximate surface area is 108 Å². The number of nitrogens with one attached hydrogen (secondary N) is 1. The molecule has 0 spiro atoms. The van der Waals surface area contributed by atoms with Gasteiger partial charge < -0.3 is 4.98 Å². The highest BCUT2D eigenvalue weighted by molar-refractivity contribution is 7.85. The molecule has 96 valence electrons. The van der Waals surface area contributed by atoms with E-state index in [4.69, 9.17) is 4.55 Å². The summed E-state index contributed by atoms with van der Waals surface area (Å²) < 4.78 is 31.2. The molecule has 0 amide bonds. The minimum Gasteiger partial charge on any atom is -0.354 e. The summed E-state index contributed by atoms with van der Waals surface area (Å²) in [5.41, 5.74) is 0.890. The second-order valence-corrected chi connectivity index (χ2v) is 5.58. The van der Waals surface area contributed by atoms with Crippen molar-refractivity contribution in [2.24, 2.45) is 0 Å². The smallest absolute Gasteiger partial charge is 0.298 e. The Balaban J connectivity index is 2.47. The van der Waals surface area contributed by atoms with Crippen LogP contribution in [-0.2, 0) is 10.1 Å². The molecule has 3 rings (SSSR count). The fraction of sp³-hybridized carbons (Fsp3) is 0. The van der Waals surface area contributed by atoms with Crippen LogP contribution in [0.1, 0.15) is 0 Å². The van der Waals surface area contributed by atoms with Crippen LogP contribution in [0.15, 0.2) is 52.2 Å². The Morgan fingerprint density at radius 2 is 1.79 bits per heavy atom. The maximum atomic E-state index is 12.1. The zero-order chi connectivity index (χ0) is 13.6. The first kappa shape index (κ1) is 11.9. The lowest BCUT2D eigenvalue weighted by Gasteiger charge is -2.08. The summed E-state index contributed by atoms with van der Waals surface area (Å²) in [6.45, 7) is 0. The monoisotopic (exact) mass is 275 g/mol. The van der Waals surface area contributed by atoms with Crippen molar-refractivity contribution in [3.8, 4) is 11.3 Å². The van der Waals surface area contributed by atoms with Gasteiger partial charge in [-0.3, -0.25) is 9.35 Å². The number of rotatable bonds is 1. The van der Waals surface area contributed by atoms with Crippen molar-refractivity contribution in [3.05, 3.63) is 52.7 Å². The third-order valence-electron chi connectivity index (χ3n) is 2.97. The van der Waals surface area contributed by atoms with E-state index in [1.54, 1.807) is 6.07 Å². The molecule has 0 atom stereocenters. The van der Waals surface area contributed by atoms with Crippen molar-refractivity contribution < 1.29 is 13.0 Å². The molecule has 0 saturated carbocycles. The van der Waals surface area contributed by atoms with Crippen molar-refractivity contribution >= 4 is 21.0 Å². The van der Waals surface area contributed by atoms with E-state index in [1.807, 2.05) is 24.3 Å². The highest BCUT2D eigenvalue weighted by atomic mass is 32.2. The second kappa shape index (κ2) is 3.91. The number of aromatic nitrogens is 1. The average Bonchev–Trinajstić information content (AvgIpc) is 2.36. The molecule has 6 heteroatoms. The minimum absolute atomic E-state index is 0.230. The summed E-state index contributed by atoms with van der Waals surface area (Å²) in [5.74, 6) is 0. The molecule has 1 heterocycles. The molecule has 2 aliphatic rings. The fourth-order valence-corrected chi connectivity index (χ4v) is 2.66. The Bertz CT molecular complexity index is 911. The van der Waals surface area contributed by atoms with Crippen LogP contribution in [-0.4, -0.2) is 18.0 Å². The average molecular weight is 275 g/mol.